The van der Waals surface area contributed by atoms with Crippen molar-refractivity contribution in [3.63, 3.8) is 0 Å². The lowest BCUT2D eigenvalue weighted by atomic mass is 9.96. The number of aliphatic hydroxyl groups is 6. The van der Waals surface area contributed by atoms with E-state index in [1.165, 1.54) is 0 Å². The van der Waals surface area contributed by atoms with Crippen molar-refractivity contribution >= 4 is 0 Å². The van der Waals surface area contributed by atoms with E-state index in [1.807, 2.05) is 0 Å². The van der Waals surface area contributed by atoms with E-state index in [-0.39, 0.29) is 6.61 Å². The van der Waals surface area contributed by atoms with Crippen molar-refractivity contribution in [1.82, 2.24) is 0 Å². The summed E-state index contributed by atoms with van der Waals surface area (Å²) in [6, 6.07) is -1.22. The highest BCUT2D eigenvalue weighted by Crippen LogP contribution is 2.30. The summed E-state index contributed by atoms with van der Waals surface area (Å²) >= 11 is 0. The average molecular weight is 395 g/mol. The zero-order chi connectivity index (χ0) is 20.1. The maximum Gasteiger partial charge on any atom is 0.187 e. The largest absolute Gasteiger partial charge is 0.394 e. The molecule has 27 heavy (non-hydrogen) atoms. The Hall–Kier alpha value is -1.09. The third-order valence-electron chi connectivity index (χ3n) is 4.48. The first kappa shape index (κ1) is 22.2. The third-order valence-corrected chi connectivity index (χ3v) is 4.48. The van der Waals surface area contributed by atoms with Gasteiger partial charge in [-0.25, -0.2) is 0 Å². The predicted molar refractivity (Wildman–Crippen MR) is 85.0 cm³/mol. The maximum atomic E-state index is 10.6. The van der Waals surface area contributed by atoms with Gasteiger partial charge in [-0.05, 0) is 12.5 Å². The summed E-state index contributed by atoms with van der Waals surface area (Å²) in [4.78, 5) is 2.64. The van der Waals surface area contributed by atoms with Crippen molar-refractivity contribution in [2.24, 2.45) is 5.11 Å². The molecular formula is C14H25N3O10. The van der Waals surface area contributed by atoms with Crippen molar-refractivity contribution in [2.45, 2.75) is 68.3 Å². The molecule has 2 heterocycles. The summed E-state index contributed by atoms with van der Waals surface area (Å²) in [5.41, 5.74) is 8.72. The monoisotopic (exact) mass is 395 g/mol. The fourth-order valence-electron chi connectivity index (χ4n) is 3.04. The van der Waals surface area contributed by atoms with Crippen LogP contribution in [0, 0.1) is 0 Å². The van der Waals surface area contributed by atoms with Crippen molar-refractivity contribution in [3.8, 4) is 0 Å². The number of hydrogen-bond acceptors (Lipinski definition) is 11. The van der Waals surface area contributed by atoms with Crippen LogP contribution in [-0.4, -0.2) is 112 Å². The van der Waals surface area contributed by atoms with Gasteiger partial charge in [0.2, 0.25) is 0 Å². The zero-order valence-corrected chi connectivity index (χ0v) is 14.6. The highest BCUT2D eigenvalue weighted by molar-refractivity contribution is 4.96. The molecule has 0 aliphatic carbocycles. The standard InChI is InChI=1S/C14H25N3O10/c1-2-24-13-7(16-17-15)9(21)12(6(4-19)26-13)27-14-11(23)10(22)8(20)5(3-18)25-14/h5-14,18-23H,2-4H2,1H3/t5-,6-,7-,8+,9-,10+,11-,12-,13?,14+/m1/s1. The molecule has 0 aromatic carbocycles. The van der Waals surface area contributed by atoms with Gasteiger partial charge in [0.15, 0.2) is 12.6 Å². The molecule has 2 aliphatic rings. The summed E-state index contributed by atoms with van der Waals surface area (Å²) in [6.07, 6.45) is -12.8. The molecule has 6 N–H and O–H groups in total. The number of hydrogen-bond donors (Lipinski definition) is 6. The van der Waals surface area contributed by atoms with Crippen molar-refractivity contribution < 1.29 is 49.6 Å². The van der Waals surface area contributed by atoms with Crippen LogP contribution in [0.25, 0.3) is 10.4 Å². The molecule has 2 saturated heterocycles. The molecule has 13 heteroatoms. The predicted octanol–water partition coefficient (Wildman–Crippen LogP) is -3.03. The summed E-state index contributed by atoms with van der Waals surface area (Å²) in [7, 11) is 0. The smallest absolute Gasteiger partial charge is 0.187 e. The van der Waals surface area contributed by atoms with Gasteiger partial charge in [0.05, 0.1) is 19.3 Å². The molecule has 10 atom stereocenters. The molecule has 2 aliphatic heterocycles. The van der Waals surface area contributed by atoms with E-state index in [1.54, 1.807) is 6.92 Å². The second-order valence-electron chi connectivity index (χ2n) is 6.16. The lowest BCUT2D eigenvalue weighted by Crippen LogP contribution is -2.64. The van der Waals surface area contributed by atoms with Gasteiger partial charge in [0.25, 0.3) is 0 Å². The fraction of sp³-hybridized carbons (Fsp3) is 1.00. The Morgan fingerprint density at radius 3 is 2.11 bits per heavy atom. The van der Waals surface area contributed by atoms with E-state index in [0.717, 1.165) is 0 Å². The highest BCUT2D eigenvalue weighted by Gasteiger charge is 2.50. The molecule has 0 aromatic rings. The molecule has 156 valence electrons. The number of rotatable bonds is 7. The molecule has 0 aromatic heterocycles. The number of nitrogens with zero attached hydrogens (tertiary/aromatic N) is 3. The van der Waals surface area contributed by atoms with Gasteiger partial charge in [-0.3, -0.25) is 0 Å². The third kappa shape index (κ3) is 4.67. The van der Waals surface area contributed by atoms with Gasteiger partial charge < -0.3 is 49.6 Å². The Labute approximate surface area is 154 Å². The molecule has 0 bridgehead atoms. The van der Waals surface area contributed by atoms with Gasteiger partial charge in [0, 0.05) is 11.5 Å². The van der Waals surface area contributed by atoms with Crippen LogP contribution in [0.15, 0.2) is 5.11 Å². The maximum absolute atomic E-state index is 10.6. The van der Waals surface area contributed by atoms with E-state index in [4.69, 9.17) is 24.5 Å². The summed E-state index contributed by atoms with van der Waals surface area (Å²) in [5, 5.41) is 62.5. The van der Waals surface area contributed by atoms with Crippen LogP contribution in [-0.2, 0) is 18.9 Å². The molecule has 13 nitrogen and oxygen atoms in total. The first-order valence-electron chi connectivity index (χ1n) is 8.45. The Bertz CT molecular complexity index is 519. The number of ether oxygens (including phenoxy) is 4. The second-order valence-corrected chi connectivity index (χ2v) is 6.16. The van der Waals surface area contributed by atoms with Crippen molar-refractivity contribution in [1.29, 1.82) is 0 Å². The van der Waals surface area contributed by atoms with Crippen molar-refractivity contribution in [3.05, 3.63) is 10.4 Å². The van der Waals surface area contributed by atoms with Crippen LogP contribution in [0.1, 0.15) is 6.92 Å². The SMILES string of the molecule is CCOC1O[C@H](CO)[C@@H](O[C@@H]2O[C@H](CO)[C@H](O)[C@H](O)[C@H]2O)[C@H](O)[C@H]1N=[N+]=[N-]. The first-order chi connectivity index (χ1) is 12.9. The van der Waals surface area contributed by atoms with Crippen LogP contribution in [0.5, 0.6) is 0 Å². The quantitative estimate of drug-likeness (QED) is 0.146. The first-order valence-corrected chi connectivity index (χ1v) is 8.45. The Morgan fingerprint density at radius 2 is 1.56 bits per heavy atom. The Balaban J connectivity index is 2.20. The minimum Gasteiger partial charge on any atom is -0.394 e. The molecule has 0 amide bonds. The van der Waals surface area contributed by atoms with E-state index >= 15 is 0 Å². The average Bonchev–Trinajstić information content (AvgIpc) is 2.66. The molecule has 0 radical (unpaired) electrons. The summed E-state index contributed by atoms with van der Waals surface area (Å²) in [5.74, 6) is 0. The lowest BCUT2D eigenvalue weighted by molar-refractivity contribution is -0.346. The number of aliphatic hydroxyl groups excluding tert-OH is 6. The van der Waals surface area contributed by atoms with E-state index in [9.17, 15) is 30.6 Å². The van der Waals surface area contributed by atoms with E-state index in [0.29, 0.717) is 0 Å². The normalized spacial score (nSPS) is 45.3. The van der Waals surface area contributed by atoms with Gasteiger partial charge in [-0.15, -0.1) is 0 Å². The van der Waals surface area contributed by atoms with Crippen molar-refractivity contribution in [2.75, 3.05) is 19.8 Å². The molecule has 2 rings (SSSR count). The van der Waals surface area contributed by atoms with Crippen LogP contribution in [0.3, 0.4) is 0 Å². The van der Waals surface area contributed by atoms with Crippen LogP contribution in [0.2, 0.25) is 0 Å². The van der Waals surface area contributed by atoms with Crippen LogP contribution in [0.4, 0.5) is 0 Å². The van der Waals surface area contributed by atoms with Gasteiger partial charge in [0.1, 0.15) is 42.7 Å². The molecule has 0 spiro atoms. The van der Waals surface area contributed by atoms with E-state index < -0.39 is 74.6 Å². The zero-order valence-electron chi connectivity index (χ0n) is 14.6. The van der Waals surface area contributed by atoms with Gasteiger partial charge in [-0.1, -0.05) is 5.11 Å². The van der Waals surface area contributed by atoms with E-state index in [2.05, 4.69) is 10.0 Å². The van der Waals surface area contributed by atoms with Gasteiger partial charge >= 0.3 is 0 Å². The lowest BCUT2D eigenvalue weighted by Gasteiger charge is -2.46. The Morgan fingerprint density at radius 1 is 0.926 bits per heavy atom. The second kappa shape index (κ2) is 9.91. The molecular weight excluding hydrogens is 370 g/mol. The van der Waals surface area contributed by atoms with Crippen LogP contribution < -0.4 is 0 Å². The summed E-state index contributed by atoms with van der Waals surface area (Å²) < 4.78 is 21.5. The summed E-state index contributed by atoms with van der Waals surface area (Å²) in [6.45, 7) is 0.579. The number of azide groups is 1. The molecule has 1 unspecified atom stereocenters. The highest BCUT2D eigenvalue weighted by atomic mass is 16.7. The topological polar surface area (TPSA) is 207 Å². The Kier molecular flexibility index (Phi) is 8.15. The van der Waals surface area contributed by atoms with Crippen LogP contribution >= 0.6 is 0 Å². The molecule has 0 saturated carbocycles. The van der Waals surface area contributed by atoms with Gasteiger partial charge in [-0.2, -0.15) is 0 Å². The minimum absolute atomic E-state index is 0.186. The molecule has 2 fully saturated rings. The fourth-order valence-corrected chi connectivity index (χ4v) is 3.04. The minimum atomic E-state index is -1.71.